The van der Waals surface area contributed by atoms with Crippen molar-refractivity contribution in [3.05, 3.63) is 55.8 Å². The molecule has 0 unspecified atom stereocenters. The predicted molar refractivity (Wildman–Crippen MR) is 80.9 cm³/mol. The van der Waals surface area contributed by atoms with E-state index in [0.29, 0.717) is 4.57 Å². The lowest BCUT2D eigenvalue weighted by Crippen LogP contribution is -2.39. The highest BCUT2D eigenvalue weighted by Crippen LogP contribution is 2.27. The minimum absolute atomic E-state index is 0.103. The van der Waals surface area contributed by atoms with Gasteiger partial charge in [0, 0.05) is 20.3 Å². The van der Waals surface area contributed by atoms with Gasteiger partial charge < -0.3 is 8.75 Å². The molecule has 0 spiro atoms. The minimum Gasteiger partial charge on any atom is -0.377 e. The van der Waals surface area contributed by atoms with Gasteiger partial charge in [0.1, 0.15) is 0 Å². The zero-order chi connectivity index (χ0) is 17.4. The Hall–Kier alpha value is -2.57. The zero-order valence-electron chi connectivity index (χ0n) is 12.0. The van der Waals surface area contributed by atoms with E-state index in [1.807, 2.05) is 6.07 Å². The summed E-state index contributed by atoms with van der Waals surface area (Å²) in [5.74, 6) is -0.235. The quantitative estimate of drug-likeness (QED) is 0.736. The Labute approximate surface area is 135 Å². The van der Waals surface area contributed by atoms with E-state index in [1.54, 1.807) is 0 Å². The summed E-state index contributed by atoms with van der Waals surface area (Å²) in [6.07, 6.45) is 0.873. The molecular formula is C13H10ClN3O5S. The minimum atomic E-state index is -4.51. The molecule has 23 heavy (non-hydrogen) atoms. The molecule has 0 aliphatic rings. The van der Waals surface area contributed by atoms with Crippen LogP contribution in [0.2, 0.25) is 5.02 Å². The summed E-state index contributed by atoms with van der Waals surface area (Å²) in [6, 6.07) is 5.58. The third kappa shape index (κ3) is 3.13. The fourth-order valence-corrected chi connectivity index (χ4v) is 3.12. The molecule has 2 rings (SSSR count). The number of nitriles is 1. The largest absolute Gasteiger partial charge is 0.377 e. The number of halogens is 1. The molecule has 0 fully saturated rings. The third-order valence-electron chi connectivity index (χ3n) is 2.94. The molecule has 0 aliphatic heterocycles. The summed E-state index contributed by atoms with van der Waals surface area (Å²) in [6.45, 7) is 0. The van der Waals surface area contributed by atoms with Gasteiger partial charge in [0.05, 0.1) is 16.7 Å². The predicted octanol–water partition coefficient (Wildman–Crippen LogP) is 0.377. The van der Waals surface area contributed by atoms with Gasteiger partial charge in [-0.1, -0.05) is 11.6 Å². The van der Waals surface area contributed by atoms with E-state index in [1.165, 1.54) is 25.2 Å². The molecule has 8 nitrogen and oxygen atoms in total. The van der Waals surface area contributed by atoms with Crippen LogP contribution in [-0.4, -0.2) is 17.6 Å². The van der Waals surface area contributed by atoms with Gasteiger partial charge in [-0.05, 0) is 18.2 Å². The van der Waals surface area contributed by atoms with E-state index < -0.39 is 26.3 Å². The van der Waals surface area contributed by atoms with Gasteiger partial charge in [-0.25, -0.2) is 4.79 Å². The summed E-state index contributed by atoms with van der Waals surface area (Å²) in [5, 5.41) is 8.64. The molecule has 0 bridgehead atoms. The summed E-state index contributed by atoms with van der Waals surface area (Å²) in [5.41, 5.74) is -1.47. The Kier molecular flexibility index (Phi) is 4.31. The molecule has 1 aromatic carbocycles. The van der Waals surface area contributed by atoms with Crippen molar-refractivity contribution in [1.29, 1.82) is 5.26 Å². The van der Waals surface area contributed by atoms with Crippen LogP contribution in [0.4, 0.5) is 0 Å². The Morgan fingerprint density at radius 1 is 1.26 bits per heavy atom. The molecular weight excluding hydrogens is 346 g/mol. The standard InChI is InChI=1S/C13H10ClN3O5S/c1-16-7-11(12(18)17(2)13(16)19)23(20,21)22-10-4-3-8(6-15)5-9(10)14/h3-5,7H,1-2H3. The number of nitrogens with zero attached hydrogens (tertiary/aromatic N) is 3. The van der Waals surface area contributed by atoms with Crippen LogP contribution in [0.15, 0.2) is 38.9 Å². The van der Waals surface area contributed by atoms with E-state index in [9.17, 15) is 18.0 Å². The van der Waals surface area contributed by atoms with Gasteiger partial charge in [-0.3, -0.25) is 9.36 Å². The molecule has 1 aromatic heterocycles. The Balaban J connectivity index is 2.55. The van der Waals surface area contributed by atoms with Crippen molar-refractivity contribution in [3.63, 3.8) is 0 Å². The molecule has 0 atom stereocenters. The second kappa shape index (κ2) is 5.91. The van der Waals surface area contributed by atoms with Gasteiger partial charge >= 0.3 is 15.8 Å². The van der Waals surface area contributed by atoms with Crippen LogP contribution < -0.4 is 15.4 Å². The van der Waals surface area contributed by atoms with Crippen LogP contribution in [-0.2, 0) is 24.2 Å². The molecule has 0 saturated carbocycles. The van der Waals surface area contributed by atoms with Gasteiger partial charge in [0.15, 0.2) is 10.6 Å². The summed E-state index contributed by atoms with van der Waals surface area (Å²) in [4.78, 5) is 22.9. The van der Waals surface area contributed by atoms with E-state index in [0.717, 1.165) is 17.8 Å². The average molecular weight is 356 g/mol. The lowest BCUT2D eigenvalue weighted by Gasteiger charge is -2.10. The normalized spacial score (nSPS) is 11.0. The maximum absolute atomic E-state index is 12.3. The number of aromatic nitrogens is 2. The molecule has 2 aromatic rings. The summed E-state index contributed by atoms with van der Waals surface area (Å²) in [7, 11) is -2.06. The lowest BCUT2D eigenvalue weighted by atomic mass is 10.2. The number of aryl methyl sites for hydroxylation is 1. The lowest BCUT2D eigenvalue weighted by molar-refractivity contribution is 0.480. The highest BCUT2D eigenvalue weighted by atomic mass is 35.5. The fourth-order valence-electron chi connectivity index (χ4n) is 1.75. The first-order valence-electron chi connectivity index (χ1n) is 6.08. The van der Waals surface area contributed by atoms with Crippen LogP contribution in [0.3, 0.4) is 0 Å². The second-order valence-corrected chi connectivity index (χ2v) is 6.47. The van der Waals surface area contributed by atoms with Crippen LogP contribution in [0, 0.1) is 11.3 Å². The van der Waals surface area contributed by atoms with Crippen molar-refractivity contribution in [2.75, 3.05) is 0 Å². The van der Waals surface area contributed by atoms with E-state index in [4.69, 9.17) is 21.0 Å². The first-order valence-corrected chi connectivity index (χ1v) is 7.87. The van der Waals surface area contributed by atoms with Crippen LogP contribution >= 0.6 is 11.6 Å². The first-order chi connectivity index (χ1) is 10.7. The van der Waals surface area contributed by atoms with Crippen molar-refractivity contribution < 1.29 is 12.6 Å². The Morgan fingerprint density at radius 3 is 2.48 bits per heavy atom. The fraction of sp³-hybridized carbons (Fsp3) is 0.154. The van der Waals surface area contributed by atoms with Crippen molar-refractivity contribution in [2.45, 2.75) is 4.90 Å². The maximum Gasteiger partial charge on any atom is 0.346 e. The number of benzene rings is 1. The van der Waals surface area contributed by atoms with Crippen molar-refractivity contribution in [1.82, 2.24) is 9.13 Å². The molecule has 0 radical (unpaired) electrons. The Morgan fingerprint density at radius 2 is 1.91 bits per heavy atom. The van der Waals surface area contributed by atoms with Crippen LogP contribution in [0.25, 0.3) is 0 Å². The maximum atomic E-state index is 12.3. The zero-order valence-corrected chi connectivity index (χ0v) is 13.6. The molecule has 10 heteroatoms. The number of rotatable bonds is 3. The van der Waals surface area contributed by atoms with Crippen molar-refractivity contribution >= 4 is 21.7 Å². The number of hydrogen-bond acceptors (Lipinski definition) is 6. The summed E-state index contributed by atoms with van der Waals surface area (Å²) >= 11 is 5.85. The van der Waals surface area contributed by atoms with Gasteiger partial charge in [-0.2, -0.15) is 13.7 Å². The monoisotopic (exact) mass is 355 g/mol. The highest BCUT2D eigenvalue weighted by molar-refractivity contribution is 7.87. The molecule has 120 valence electrons. The van der Waals surface area contributed by atoms with Gasteiger partial charge in [-0.15, -0.1) is 0 Å². The molecule has 1 heterocycles. The van der Waals surface area contributed by atoms with Gasteiger partial charge in [0.25, 0.3) is 5.56 Å². The van der Waals surface area contributed by atoms with Crippen molar-refractivity contribution in [3.8, 4) is 11.8 Å². The average Bonchev–Trinajstić information content (AvgIpc) is 2.50. The van der Waals surface area contributed by atoms with E-state index in [2.05, 4.69) is 0 Å². The second-order valence-electron chi connectivity index (χ2n) is 4.55. The first kappa shape index (κ1) is 16.8. The summed E-state index contributed by atoms with van der Waals surface area (Å²) < 4.78 is 31.0. The smallest absolute Gasteiger partial charge is 0.346 e. The molecule has 0 saturated heterocycles. The SMILES string of the molecule is Cn1cc(S(=O)(=O)Oc2ccc(C#N)cc2Cl)c(=O)n(C)c1=O. The number of hydrogen-bond donors (Lipinski definition) is 0. The third-order valence-corrected chi connectivity index (χ3v) is 4.46. The van der Waals surface area contributed by atoms with Crippen LogP contribution in [0.1, 0.15) is 5.56 Å². The topological polar surface area (TPSA) is 111 Å². The van der Waals surface area contributed by atoms with E-state index >= 15 is 0 Å². The highest BCUT2D eigenvalue weighted by Gasteiger charge is 2.24. The van der Waals surface area contributed by atoms with E-state index in [-0.39, 0.29) is 16.3 Å². The molecule has 0 N–H and O–H groups in total. The van der Waals surface area contributed by atoms with Crippen LogP contribution in [0.5, 0.6) is 5.75 Å². The Bertz CT molecular complexity index is 1050. The molecule has 0 aliphatic carbocycles. The van der Waals surface area contributed by atoms with Crippen molar-refractivity contribution in [2.24, 2.45) is 14.1 Å². The molecule has 0 amide bonds. The van der Waals surface area contributed by atoms with Gasteiger partial charge in [0.2, 0.25) is 0 Å².